The van der Waals surface area contributed by atoms with E-state index in [1.807, 2.05) is 7.11 Å². The zero-order valence-electron chi connectivity index (χ0n) is 12.6. The first kappa shape index (κ1) is 14.4. The van der Waals surface area contributed by atoms with Crippen LogP contribution in [0.4, 0.5) is 0 Å². The molecule has 0 aromatic heterocycles. The van der Waals surface area contributed by atoms with Crippen LogP contribution in [-0.4, -0.2) is 13.7 Å². The molecule has 106 valence electrons. The van der Waals surface area contributed by atoms with E-state index in [1.54, 1.807) is 11.1 Å². The molecule has 0 radical (unpaired) electrons. The first-order valence-electron chi connectivity index (χ1n) is 7.58. The Bertz CT molecular complexity index is 451. The van der Waals surface area contributed by atoms with Crippen molar-refractivity contribution in [1.82, 2.24) is 0 Å². The summed E-state index contributed by atoms with van der Waals surface area (Å²) in [5.74, 6) is 1.13. The van der Waals surface area contributed by atoms with Crippen molar-refractivity contribution in [2.45, 2.75) is 58.8 Å². The normalized spacial score (nSPS) is 14.3. The van der Waals surface area contributed by atoms with Crippen LogP contribution in [0.3, 0.4) is 0 Å². The van der Waals surface area contributed by atoms with E-state index in [9.17, 15) is 0 Å². The van der Waals surface area contributed by atoms with Crippen molar-refractivity contribution in [3.8, 4) is 5.75 Å². The van der Waals surface area contributed by atoms with E-state index in [-0.39, 0.29) is 0 Å². The van der Waals surface area contributed by atoms with Crippen molar-refractivity contribution >= 4 is 0 Å². The van der Waals surface area contributed by atoms with Gasteiger partial charge in [-0.25, -0.2) is 0 Å². The van der Waals surface area contributed by atoms with Crippen LogP contribution in [0.2, 0.25) is 0 Å². The summed E-state index contributed by atoms with van der Waals surface area (Å²) in [5.41, 5.74) is 13.1. The molecule has 1 aromatic rings. The molecule has 0 unspecified atom stereocenters. The van der Waals surface area contributed by atoms with Gasteiger partial charge in [-0.15, -0.1) is 0 Å². The highest BCUT2D eigenvalue weighted by atomic mass is 16.5. The average Bonchev–Trinajstić information content (AvgIpc) is 2.44. The second-order valence-electron chi connectivity index (χ2n) is 5.67. The van der Waals surface area contributed by atoms with Crippen molar-refractivity contribution in [3.63, 3.8) is 0 Å². The van der Waals surface area contributed by atoms with Crippen LogP contribution in [0.1, 0.15) is 53.5 Å². The molecular weight excluding hydrogens is 234 g/mol. The molecule has 0 fully saturated rings. The van der Waals surface area contributed by atoms with Gasteiger partial charge in [0.05, 0.1) is 7.11 Å². The molecule has 0 amide bonds. The second-order valence-corrected chi connectivity index (χ2v) is 5.67. The van der Waals surface area contributed by atoms with Crippen LogP contribution in [0.5, 0.6) is 5.75 Å². The van der Waals surface area contributed by atoms with Gasteiger partial charge in [0.1, 0.15) is 5.75 Å². The predicted molar refractivity (Wildman–Crippen MR) is 81.1 cm³/mol. The van der Waals surface area contributed by atoms with Crippen molar-refractivity contribution < 1.29 is 4.74 Å². The highest BCUT2D eigenvalue weighted by Crippen LogP contribution is 2.37. The third-order valence-electron chi connectivity index (χ3n) is 4.53. The molecule has 0 bridgehead atoms. The summed E-state index contributed by atoms with van der Waals surface area (Å²) in [6, 6.07) is 0. The topological polar surface area (TPSA) is 35.2 Å². The Morgan fingerprint density at radius 3 is 2.21 bits per heavy atom. The molecule has 2 nitrogen and oxygen atoms in total. The van der Waals surface area contributed by atoms with Crippen molar-refractivity contribution in [1.29, 1.82) is 0 Å². The maximum atomic E-state index is 5.72. The largest absolute Gasteiger partial charge is 0.496 e. The Morgan fingerprint density at radius 1 is 1.00 bits per heavy atom. The van der Waals surface area contributed by atoms with E-state index in [0.29, 0.717) is 0 Å². The van der Waals surface area contributed by atoms with Crippen LogP contribution in [0.15, 0.2) is 0 Å². The molecule has 0 heterocycles. The lowest BCUT2D eigenvalue weighted by atomic mass is 9.82. The van der Waals surface area contributed by atoms with Crippen LogP contribution in [0.25, 0.3) is 0 Å². The van der Waals surface area contributed by atoms with Crippen LogP contribution in [-0.2, 0) is 19.3 Å². The quantitative estimate of drug-likeness (QED) is 0.824. The summed E-state index contributed by atoms with van der Waals surface area (Å²) in [7, 11) is 1.81. The van der Waals surface area contributed by atoms with Gasteiger partial charge in [0, 0.05) is 0 Å². The molecule has 1 aliphatic rings. The zero-order chi connectivity index (χ0) is 13.8. The van der Waals surface area contributed by atoms with E-state index in [4.69, 9.17) is 10.5 Å². The van der Waals surface area contributed by atoms with Crippen LogP contribution < -0.4 is 10.5 Å². The maximum absolute atomic E-state index is 5.72. The number of hydrogen-bond acceptors (Lipinski definition) is 2. The monoisotopic (exact) mass is 261 g/mol. The number of fused-ring (bicyclic) bond motifs is 1. The number of nitrogens with two attached hydrogens (primary N) is 1. The summed E-state index contributed by atoms with van der Waals surface area (Å²) < 4.78 is 5.72. The molecule has 1 aromatic carbocycles. The number of hydrogen-bond donors (Lipinski definition) is 1. The van der Waals surface area contributed by atoms with Crippen LogP contribution in [0, 0.1) is 13.8 Å². The van der Waals surface area contributed by atoms with Gasteiger partial charge in [-0.3, -0.25) is 0 Å². The van der Waals surface area contributed by atoms with E-state index >= 15 is 0 Å². The van der Waals surface area contributed by atoms with Gasteiger partial charge >= 0.3 is 0 Å². The lowest BCUT2D eigenvalue weighted by Gasteiger charge is -2.26. The fourth-order valence-corrected chi connectivity index (χ4v) is 3.47. The van der Waals surface area contributed by atoms with Gasteiger partial charge in [0.25, 0.3) is 0 Å². The zero-order valence-corrected chi connectivity index (χ0v) is 12.6. The molecule has 0 saturated heterocycles. The molecule has 19 heavy (non-hydrogen) atoms. The fraction of sp³-hybridized carbons (Fsp3) is 0.647. The third-order valence-corrected chi connectivity index (χ3v) is 4.53. The first-order chi connectivity index (χ1) is 9.20. The van der Waals surface area contributed by atoms with E-state index in [1.165, 1.54) is 42.4 Å². The van der Waals surface area contributed by atoms with Gasteiger partial charge in [-0.05, 0) is 93.2 Å². The van der Waals surface area contributed by atoms with E-state index in [2.05, 4.69) is 13.8 Å². The van der Waals surface area contributed by atoms with Gasteiger partial charge in [0.2, 0.25) is 0 Å². The molecule has 0 aliphatic heterocycles. The number of rotatable bonds is 5. The standard InChI is InChI=1S/C17H27NO/c1-12-14-8-4-5-9-15(14)13(2)17(19-3)16(12)10-6-7-11-18/h4-11,18H2,1-3H3. The summed E-state index contributed by atoms with van der Waals surface area (Å²) in [4.78, 5) is 0. The Hall–Kier alpha value is -1.02. The Labute approximate surface area is 117 Å². The van der Waals surface area contributed by atoms with Crippen molar-refractivity contribution in [2.75, 3.05) is 13.7 Å². The highest BCUT2D eigenvalue weighted by Gasteiger charge is 2.21. The number of benzene rings is 1. The Kier molecular flexibility index (Phi) is 4.87. The molecule has 1 aliphatic carbocycles. The van der Waals surface area contributed by atoms with Crippen molar-refractivity contribution in [2.24, 2.45) is 5.73 Å². The van der Waals surface area contributed by atoms with Gasteiger partial charge < -0.3 is 10.5 Å². The van der Waals surface area contributed by atoms with Gasteiger partial charge in [-0.1, -0.05) is 0 Å². The molecule has 0 saturated carbocycles. The number of methoxy groups -OCH3 is 1. The minimum absolute atomic E-state index is 0.783. The first-order valence-corrected chi connectivity index (χ1v) is 7.58. The van der Waals surface area contributed by atoms with Crippen LogP contribution >= 0.6 is 0 Å². The van der Waals surface area contributed by atoms with E-state index < -0.39 is 0 Å². The lowest BCUT2D eigenvalue weighted by Crippen LogP contribution is -2.12. The minimum atomic E-state index is 0.783. The molecular formula is C17H27NO. The second kappa shape index (κ2) is 6.42. The number of ether oxygens (including phenoxy) is 1. The predicted octanol–water partition coefficient (Wildman–Crippen LogP) is 3.47. The highest BCUT2D eigenvalue weighted by molar-refractivity contribution is 5.55. The molecule has 2 heteroatoms. The Morgan fingerprint density at radius 2 is 1.63 bits per heavy atom. The summed E-state index contributed by atoms with van der Waals surface area (Å²) in [6.07, 6.45) is 8.48. The lowest BCUT2D eigenvalue weighted by molar-refractivity contribution is 0.403. The summed E-state index contributed by atoms with van der Waals surface area (Å²) in [5, 5.41) is 0. The van der Waals surface area contributed by atoms with Gasteiger partial charge in [-0.2, -0.15) is 0 Å². The Balaban J connectivity index is 2.42. The SMILES string of the molecule is COc1c(C)c2c(c(C)c1CCCCN)CCCC2. The van der Waals surface area contributed by atoms with E-state index in [0.717, 1.165) is 31.6 Å². The summed E-state index contributed by atoms with van der Waals surface area (Å²) in [6.45, 7) is 5.30. The molecule has 0 atom stereocenters. The molecule has 2 N–H and O–H groups in total. The maximum Gasteiger partial charge on any atom is 0.125 e. The third kappa shape index (κ3) is 2.79. The van der Waals surface area contributed by atoms with Gasteiger partial charge in [0.15, 0.2) is 0 Å². The molecule has 0 spiro atoms. The molecule has 2 rings (SSSR count). The smallest absolute Gasteiger partial charge is 0.125 e. The summed E-state index contributed by atoms with van der Waals surface area (Å²) >= 11 is 0. The number of unbranched alkanes of at least 4 members (excludes halogenated alkanes) is 1. The fourth-order valence-electron chi connectivity index (χ4n) is 3.47. The minimum Gasteiger partial charge on any atom is -0.496 e. The van der Waals surface area contributed by atoms with Crippen molar-refractivity contribution in [3.05, 3.63) is 27.8 Å². The average molecular weight is 261 g/mol.